The van der Waals surface area contributed by atoms with Crippen molar-refractivity contribution in [2.75, 3.05) is 0 Å². The van der Waals surface area contributed by atoms with E-state index < -0.39 is 31.6 Å². The first-order valence-corrected chi connectivity index (χ1v) is 21.6. The lowest BCUT2D eigenvalue weighted by molar-refractivity contribution is 0.601. The molecule has 0 spiro atoms. The molecule has 0 amide bonds. The van der Waals surface area contributed by atoms with Crippen LogP contribution in [0.15, 0.2) is 36.0 Å². The van der Waals surface area contributed by atoms with Gasteiger partial charge in [-0.1, -0.05) is 74.8 Å². The Labute approximate surface area is 135 Å². The molecule has 21 heavy (non-hydrogen) atoms. The predicted octanol–water partition coefficient (Wildman–Crippen LogP) is 5.02. The van der Waals surface area contributed by atoms with Crippen LogP contribution in [0.25, 0.3) is 6.08 Å². The van der Waals surface area contributed by atoms with Crippen molar-refractivity contribution in [3.63, 3.8) is 0 Å². The molecule has 0 bridgehead atoms. The summed E-state index contributed by atoms with van der Waals surface area (Å²) in [7, 11) is -5.13. The van der Waals surface area contributed by atoms with Crippen LogP contribution in [0.4, 0.5) is 0 Å². The lowest BCUT2D eigenvalue weighted by Gasteiger charge is -2.47. The van der Waals surface area contributed by atoms with Crippen LogP contribution in [0, 0.1) is 0 Å². The average Bonchev–Trinajstić information content (AvgIpc) is 2.35. The molecule has 0 radical (unpaired) electrons. The van der Waals surface area contributed by atoms with Crippen molar-refractivity contribution in [1.29, 1.82) is 0 Å². The highest BCUT2D eigenvalue weighted by Gasteiger charge is 2.51. The standard InChI is InChI=1S/C16H32OSi4/c1-18(15-14-16-12-10-9-11-13-16)17-20(5,6)21(7,8)19(2,3)4/h9-15,18H,1-8H3. The number of hydrogen-bond donors (Lipinski definition) is 0. The van der Waals surface area contributed by atoms with Crippen molar-refractivity contribution in [2.45, 2.75) is 52.4 Å². The zero-order chi connectivity index (χ0) is 16.3. The van der Waals surface area contributed by atoms with E-state index in [9.17, 15) is 0 Å². The average molecular weight is 353 g/mol. The number of benzene rings is 1. The molecule has 1 aromatic rings. The van der Waals surface area contributed by atoms with Crippen molar-refractivity contribution < 1.29 is 4.12 Å². The molecule has 0 saturated heterocycles. The van der Waals surface area contributed by atoms with E-state index in [1.807, 2.05) is 0 Å². The Morgan fingerprint density at radius 1 is 0.905 bits per heavy atom. The van der Waals surface area contributed by atoms with Gasteiger partial charge < -0.3 is 4.12 Å². The Balaban J connectivity index is 2.78. The lowest BCUT2D eigenvalue weighted by atomic mass is 10.2. The summed E-state index contributed by atoms with van der Waals surface area (Å²) < 4.78 is 6.74. The first kappa shape index (κ1) is 18.8. The third-order valence-corrected chi connectivity index (χ3v) is 50.1. The summed E-state index contributed by atoms with van der Waals surface area (Å²) in [6.45, 7) is 20.0. The third kappa shape index (κ3) is 4.89. The molecular formula is C16H32OSi4. The first-order chi connectivity index (χ1) is 9.47. The molecule has 1 nitrogen and oxygen atoms in total. The summed E-state index contributed by atoms with van der Waals surface area (Å²) in [6.07, 6.45) is 2.24. The van der Waals surface area contributed by atoms with Gasteiger partial charge in [0, 0.05) is 7.59 Å². The van der Waals surface area contributed by atoms with Crippen molar-refractivity contribution in [3.8, 4) is 0 Å². The van der Waals surface area contributed by atoms with Crippen molar-refractivity contribution in [2.24, 2.45) is 0 Å². The highest BCUT2D eigenvalue weighted by Crippen LogP contribution is 2.30. The molecule has 0 aliphatic heterocycles. The fourth-order valence-electron chi connectivity index (χ4n) is 2.37. The van der Waals surface area contributed by atoms with Crippen LogP contribution in [0.5, 0.6) is 0 Å². The molecule has 0 aromatic heterocycles. The minimum Gasteiger partial charge on any atom is -0.457 e. The van der Waals surface area contributed by atoms with E-state index in [2.05, 4.69) is 94.5 Å². The molecule has 0 heterocycles. The summed E-state index contributed by atoms with van der Waals surface area (Å²) >= 11 is 0. The van der Waals surface area contributed by atoms with Gasteiger partial charge in [0.15, 0.2) is 16.9 Å². The van der Waals surface area contributed by atoms with Crippen LogP contribution in [0.2, 0.25) is 52.4 Å². The highest BCUT2D eigenvalue weighted by molar-refractivity contribution is 7.67. The zero-order valence-electron chi connectivity index (χ0n) is 15.0. The van der Waals surface area contributed by atoms with Gasteiger partial charge >= 0.3 is 0 Å². The maximum atomic E-state index is 6.74. The maximum absolute atomic E-state index is 6.74. The molecule has 1 rings (SSSR count). The van der Waals surface area contributed by atoms with Crippen molar-refractivity contribution >= 4 is 37.7 Å². The molecule has 0 aliphatic carbocycles. The summed E-state index contributed by atoms with van der Waals surface area (Å²) in [5, 5.41) is 0. The Hall–Kier alpha value is -0.212. The molecule has 1 unspecified atom stereocenters. The smallest absolute Gasteiger partial charge is 0.184 e. The minimum absolute atomic E-state index is 1.10. The van der Waals surface area contributed by atoms with Gasteiger partial charge in [-0.2, -0.15) is 0 Å². The largest absolute Gasteiger partial charge is 0.457 e. The summed E-state index contributed by atoms with van der Waals surface area (Å²) in [6, 6.07) is 10.5. The van der Waals surface area contributed by atoms with Crippen LogP contribution in [0.1, 0.15) is 5.56 Å². The molecule has 1 atom stereocenters. The molecular weight excluding hydrogens is 321 g/mol. The van der Waals surface area contributed by atoms with Gasteiger partial charge in [-0.3, -0.25) is 0 Å². The number of hydrogen-bond acceptors (Lipinski definition) is 1. The molecule has 118 valence electrons. The minimum atomic E-state index is -1.56. The van der Waals surface area contributed by atoms with E-state index in [1.165, 1.54) is 5.56 Å². The second kappa shape index (κ2) is 6.91. The van der Waals surface area contributed by atoms with Gasteiger partial charge in [-0.05, 0) is 25.2 Å². The lowest BCUT2D eigenvalue weighted by Crippen LogP contribution is -2.71. The molecule has 0 aliphatic rings. The van der Waals surface area contributed by atoms with Crippen LogP contribution >= 0.6 is 0 Å². The first-order valence-electron chi connectivity index (χ1n) is 7.88. The molecule has 5 heteroatoms. The second-order valence-corrected chi connectivity index (χ2v) is 38.6. The Morgan fingerprint density at radius 2 is 1.43 bits per heavy atom. The highest BCUT2D eigenvalue weighted by atomic mass is 29.6. The zero-order valence-corrected chi connectivity index (χ0v) is 19.2. The van der Waals surface area contributed by atoms with E-state index in [-0.39, 0.29) is 0 Å². The van der Waals surface area contributed by atoms with Crippen LogP contribution in [0.3, 0.4) is 0 Å². The Bertz CT molecular complexity index is 475. The van der Waals surface area contributed by atoms with Gasteiger partial charge in [0.05, 0.1) is 7.11 Å². The van der Waals surface area contributed by atoms with Gasteiger partial charge in [0.2, 0.25) is 0 Å². The van der Waals surface area contributed by atoms with Gasteiger partial charge in [0.25, 0.3) is 0 Å². The monoisotopic (exact) mass is 352 g/mol. The van der Waals surface area contributed by atoms with Gasteiger partial charge in [0.1, 0.15) is 0 Å². The van der Waals surface area contributed by atoms with E-state index in [0.717, 1.165) is 0 Å². The summed E-state index contributed by atoms with van der Waals surface area (Å²) in [5.41, 5.74) is 3.63. The fraction of sp³-hybridized carbons (Fsp3) is 0.500. The topological polar surface area (TPSA) is 9.23 Å². The summed E-state index contributed by atoms with van der Waals surface area (Å²) in [4.78, 5) is 0. The van der Waals surface area contributed by atoms with Crippen LogP contribution in [-0.2, 0) is 4.12 Å². The normalized spacial score (nSPS) is 15.4. The van der Waals surface area contributed by atoms with Gasteiger partial charge in [-0.25, -0.2) is 0 Å². The third-order valence-electron chi connectivity index (χ3n) is 5.22. The van der Waals surface area contributed by atoms with Crippen LogP contribution in [-0.4, -0.2) is 31.6 Å². The van der Waals surface area contributed by atoms with Crippen LogP contribution < -0.4 is 0 Å². The maximum Gasteiger partial charge on any atom is 0.184 e. The van der Waals surface area contributed by atoms with Crippen molar-refractivity contribution in [1.82, 2.24) is 0 Å². The van der Waals surface area contributed by atoms with E-state index >= 15 is 0 Å². The number of rotatable bonds is 6. The summed E-state index contributed by atoms with van der Waals surface area (Å²) in [5.74, 6) is 0. The van der Waals surface area contributed by atoms with Crippen molar-refractivity contribution in [3.05, 3.63) is 41.6 Å². The quantitative estimate of drug-likeness (QED) is 0.653. The van der Waals surface area contributed by atoms with E-state index in [1.54, 1.807) is 0 Å². The Kier molecular flexibility index (Phi) is 6.20. The second-order valence-electron chi connectivity index (χ2n) is 7.98. The Morgan fingerprint density at radius 3 is 1.90 bits per heavy atom. The fourth-order valence-corrected chi connectivity index (χ4v) is 37.5. The van der Waals surface area contributed by atoms with E-state index in [0.29, 0.717) is 0 Å². The SMILES string of the molecule is C[SiH](C=Cc1ccccc1)O[Si](C)(C)[Si](C)(C)[Si](C)(C)C. The molecule has 0 saturated carbocycles. The molecule has 0 N–H and O–H groups in total. The molecule has 0 fully saturated rings. The van der Waals surface area contributed by atoms with Gasteiger partial charge in [-0.15, -0.1) is 0 Å². The van der Waals surface area contributed by atoms with E-state index in [4.69, 9.17) is 4.12 Å². The predicted molar refractivity (Wildman–Crippen MR) is 108 cm³/mol. The molecule has 1 aromatic carbocycles.